The maximum Gasteiger partial charge on any atom is 0.237 e. The summed E-state index contributed by atoms with van der Waals surface area (Å²) in [5, 5.41) is 3.60. The smallest absolute Gasteiger partial charge is 0.237 e. The van der Waals surface area contributed by atoms with Gasteiger partial charge in [0.05, 0.1) is 10.9 Å². The van der Waals surface area contributed by atoms with Gasteiger partial charge in [-0.2, -0.15) is 0 Å². The molecule has 0 aliphatic rings. The van der Waals surface area contributed by atoms with Crippen molar-refractivity contribution in [1.29, 1.82) is 0 Å². The van der Waals surface area contributed by atoms with E-state index in [-0.39, 0.29) is 11.2 Å². The number of benzene rings is 2. The lowest BCUT2D eigenvalue weighted by Crippen LogP contribution is -2.22. The molecule has 0 saturated heterocycles. The van der Waals surface area contributed by atoms with Gasteiger partial charge in [0.15, 0.2) is 0 Å². The molecule has 1 atom stereocenters. The van der Waals surface area contributed by atoms with Gasteiger partial charge in [-0.05, 0) is 55.8 Å². The number of para-hydroxylation sites is 1. The van der Waals surface area contributed by atoms with Gasteiger partial charge in [-0.15, -0.1) is 11.8 Å². The highest BCUT2D eigenvalue weighted by atomic mass is 35.5. The van der Waals surface area contributed by atoms with E-state index in [1.165, 1.54) is 11.8 Å². The Labute approximate surface area is 184 Å². The fourth-order valence-corrected chi connectivity index (χ4v) is 3.79. The molecule has 2 aromatic carbocycles. The summed E-state index contributed by atoms with van der Waals surface area (Å²) >= 11 is 13.6. The molecule has 1 N–H and O–H groups in total. The Kier molecular flexibility index (Phi) is 7.31. The van der Waals surface area contributed by atoms with Gasteiger partial charge in [0.2, 0.25) is 5.91 Å². The van der Waals surface area contributed by atoms with Crippen LogP contribution in [0.1, 0.15) is 18.1 Å². The number of nitrogens with zero attached hydrogens (tertiary/aromatic N) is 2. The predicted molar refractivity (Wildman–Crippen MR) is 123 cm³/mol. The minimum atomic E-state index is -0.327. The van der Waals surface area contributed by atoms with E-state index in [9.17, 15) is 4.79 Å². The van der Waals surface area contributed by atoms with Gasteiger partial charge >= 0.3 is 0 Å². The average Bonchev–Trinajstić information content (AvgIpc) is 2.71. The number of aryl methyl sites for hydroxylation is 1. The molecular weight excluding hydrogens is 425 g/mol. The van der Waals surface area contributed by atoms with Gasteiger partial charge in [0.1, 0.15) is 5.15 Å². The van der Waals surface area contributed by atoms with E-state index in [0.717, 1.165) is 21.7 Å². The standard InChI is InChI=1S/C22H19Cl2N3OS/c1-14-9-10-17(23)12-19(14)27-22(28)15(2)29-20-8-4-3-7-18(20)26-13-16-6-5-11-25-21(16)24/h3-13,15H,1-2H3,(H,27,28). The first-order valence-electron chi connectivity index (χ1n) is 8.91. The molecule has 1 aromatic heterocycles. The molecule has 1 heterocycles. The van der Waals surface area contributed by atoms with Crippen LogP contribution in [0.2, 0.25) is 10.2 Å². The SMILES string of the molecule is Cc1ccc(Cl)cc1NC(=O)C(C)Sc1ccccc1N=Cc1cccnc1Cl. The van der Waals surface area contributed by atoms with Gasteiger partial charge in [-0.3, -0.25) is 9.79 Å². The second-order valence-electron chi connectivity index (χ2n) is 6.32. The zero-order valence-corrected chi connectivity index (χ0v) is 18.2. The van der Waals surface area contributed by atoms with Crippen molar-refractivity contribution in [2.75, 3.05) is 5.32 Å². The third-order valence-corrected chi connectivity index (χ3v) is 5.84. The number of hydrogen-bond acceptors (Lipinski definition) is 4. The molecule has 0 saturated carbocycles. The Hall–Kier alpha value is -2.34. The summed E-state index contributed by atoms with van der Waals surface area (Å²) < 4.78 is 0. The minimum absolute atomic E-state index is 0.102. The zero-order valence-electron chi connectivity index (χ0n) is 15.9. The van der Waals surface area contributed by atoms with E-state index in [4.69, 9.17) is 23.2 Å². The second kappa shape index (κ2) is 9.92. The molecule has 0 aliphatic carbocycles. The van der Waals surface area contributed by atoms with Gasteiger partial charge in [0.25, 0.3) is 0 Å². The van der Waals surface area contributed by atoms with E-state index in [1.54, 1.807) is 30.6 Å². The van der Waals surface area contributed by atoms with Crippen LogP contribution in [-0.2, 0) is 4.79 Å². The predicted octanol–water partition coefficient (Wildman–Crippen LogP) is 6.57. The summed E-state index contributed by atoms with van der Waals surface area (Å²) in [7, 11) is 0. The van der Waals surface area contributed by atoms with Gasteiger partial charge in [0, 0.05) is 33.6 Å². The van der Waals surface area contributed by atoms with Crippen molar-refractivity contribution in [1.82, 2.24) is 4.98 Å². The van der Waals surface area contributed by atoms with Crippen LogP contribution in [0.15, 0.2) is 70.7 Å². The average molecular weight is 444 g/mol. The van der Waals surface area contributed by atoms with Crippen LogP contribution >= 0.6 is 35.0 Å². The van der Waals surface area contributed by atoms with Crippen molar-refractivity contribution in [3.8, 4) is 0 Å². The van der Waals surface area contributed by atoms with Crippen molar-refractivity contribution in [2.45, 2.75) is 24.0 Å². The molecule has 4 nitrogen and oxygen atoms in total. The van der Waals surface area contributed by atoms with Crippen LogP contribution in [0.3, 0.4) is 0 Å². The molecule has 0 fully saturated rings. The highest BCUT2D eigenvalue weighted by molar-refractivity contribution is 8.00. The second-order valence-corrected chi connectivity index (χ2v) is 8.50. The van der Waals surface area contributed by atoms with Gasteiger partial charge < -0.3 is 5.32 Å². The van der Waals surface area contributed by atoms with E-state index in [1.807, 2.05) is 50.2 Å². The number of hydrogen-bond donors (Lipinski definition) is 1. The number of halogens is 2. The monoisotopic (exact) mass is 443 g/mol. The molecule has 1 amide bonds. The Morgan fingerprint density at radius 1 is 1.17 bits per heavy atom. The number of pyridine rings is 1. The highest BCUT2D eigenvalue weighted by Gasteiger charge is 2.17. The third-order valence-electron chi connectivity index (χ3n) is 4.13. The Bertz CT molecular complexity index is 1060. The number of carbonyl (C=O) groups excluding carboxylic acids is 1. The van der Waals surface area contributed by atoms with Crippen molar-refractivity contribution >= 4 is 58.5 Å². The molecule has 0 spiro atoms. The van der Waals surface area contributed by atoms with Crippen LogP contribution in [0, 0.1) is 6.92 Å². The zero-order chi connectivity index (χ0) is 20.8. The molecule has 0 aliphatic heterocycles. The van der Waals surface area contributed by atoms with Crippen LogP contribution < -0.4 is 5.32 Å². The first kappa shape index (κ1) is 21.4. The van der Waals surface area contributed by atoms with Crippen molar-refractivity contribution in [2.24, 2.45) is 4.99 Å². The van der Waals surface area contributed by atoms with Crippen molar-refractivity contribution in [3.05, 3.63) is 82.1 Å². The molecule has 7 heteroatoms. The quantitative estimate of drug-likeness (QED) is 0.266. The molecule has 148 valence electrons. The lowest BCUT2D eigenvalue weighted by molar-refractivity contribution is -0.115. The van der Waals surface area contributed by atoms with Crippen LogP contribution in [0.5, 0.6) is 0 Å². The van der Waals surface area contributed by atoms with E-state index in [2.05, 4.69) is 15.3 Å². The maximum absolute atomic E-state index is 12.7. The normalized spacial score (nSPS) is 12.1. The topological polar surface area (TPSA) is 54.4 Å². The number of anilines is 1. The summed E-state index contributed by atoms with van der Waals surface area (Å²) in [6, 6.07) is 16.7. The lowest BCUT2D eigenvalue weighted by atomic mass is 10.2. The molecule has 0 radical (unpaired) electrons. The van der Waals surface area contributed by atoms with E-state index in [0.29, 0.717) is 15.9 Å². The first-order valence-corrected chi connectivity index (χ1v) is 10.5. The summed E-state index contributed by atoms with van der Waals surface area (Å²) in [6.07, 6.45) is 3.31. The number of aromatic nitrogens is 1. The molecule has 1 unspecified atom stereocenters. The minimum Gasteiger partial charge on any atom is -0.325 e. The van der Waals surface area contributed by atoms with Gasteiger partial charge in [-0.1, -0.05) is 41.4 Å². The molecule has 3 rings (SSSR count). The molecule has 0 bridgehead atoms. The summed E-state index contributed by atoms with van der Waals surface area (Å²) in [5.74, 6) is -0.102. The Morgan fingerprint density at radius 3 is 2.76 bits per heavy atom. The van der Waals surface area contributed by atoms with Crippen LogP contribution in [0.25, 0.3) is 0 Å². The van der Waals surface area contributed by atoms with E-state index < -0.39 is 0 Å². The summed E-state index contributed by atoms with van der Waals surface area (Å²) in [5.41, 5.74) is 3.16. The number of rotatable bonds is 6. The lowest BCUT2D eigenvalue weighted by Gasteiger charge is -2.14. The van der Waals surface area contributed by atoms with Crippen LogP contribution in [0.4, 0.5) is 11.4 Å². The Morgan fingerprint density at radius 2 is 1.97 bits per heavy atom. The number of carbonyl (C=O) groups is 1. The number of thioether (sulfide) groups is 1. The number of amides is 1. The van der Waals surface area contributed by atoms with E-state index >= 15 is 0 Å². The van der Waals surface area contributed by atoms with Gasteiger partial charge in [-0.25, -0.2) is 4.98 Å². The van der Waals surface area contributed by atoms with Crippen molar-refractivity contribution in [3.63, 3.8) is 0 Å². The summed E-state index contributed by atoms with van der Waals surface area (Å²) in [4.78, 5) is 22.2. The fraction of sp³-hybridized carbons (Fsp3) is 0.136. The molecule has 29 heavy (non-hydrogen) atoms. The molecular formula is C22H19Cl2N3OS. The Balaban J connectivity index is 1.74. The number of aliphatic imine (C=N–C) groups is 1. The number of nitrogens with one attached hydrogen (secondary N) is 1. The third kappa shape index (κ3) is 5.82. The van der Waals surface area contributed by atoms with Crippen molar-refractivity contribution < 1.29 is 4.79 Å². The maximum atomic E-state index is 12.7. The highest BCUT2D eigenvalue weighted by Crippen LogP contribution is 2.33. The largest absolute Gasteiger partial charge is 0.325 e. The summed E-state index contributed by atoms with van der Waals surface area (Å²) in [6.45, 7) is 3.79. The van der Waals surface area contributed by atoms with Crippen LogP contribution in [-0.4, -0.2) is 22.4 Å². The first-order chi connectivity index (χ1) is 13.9. The fourth-order valence-electron chi connectivity index (χ4n) is 2.50. The molecule has 3 aromatic rings.